The van der Waals surface area contributed by atoms with Gasteiger partial charge in [-0.2, -0.15) is 26.3 Å². The normalized spacial score (nSPS) is 17.4. The first-order chi connectivity index (χ1) is 18.6. The van der Waals surface area contributed by atoms with E-state index in [-0.39, 0.29) is 6.10 Å². The van der Waals surface area contributed by atoms with Crippen LogP contribution in [-0.2, 0) is 12.4 Å². The van der Waals surface area contributed by atoms with Gasteiger partial charge < -0.3 is 19.4 Å². The van der Waals surface area contributed by atoms with Crippen LogP contribution in [0.25, 0.3) is 0 Å². The largest absolute Gasteiger partial charge is 0.474 e. The number of piperidine rings is 1. The molecule has 0 radical (unpaired) electrons. The second-order valence-corrected chi connectivity index (χ2v) is 9.58. The third-order valence-electron chi connectivity index (χ3n) is 7.08. The summed E-state index contributed by atoms with van der Waals surface area (Å²) in [4.78, 5) is 14.8. The number of hydrogen-bond acceptors (Lipinski definition) is 6. The molecule has 0 N–H and O–H groups in total. The van der Waals surface area contributed by atoms with E-state index in [1.807, 2.05) is 9.80 Å². The first-order valence-electron chi connectivity index (χ1n) is 12.6. The zero-order valence-corrected chi connectivity index (χ0v) is 20.9. The lowest BCUT2D eigenvalue weighted by Gasteiger charge is -2.37. The van der Waals surface area contributed by atoms with Gasteiger partial charge in [0.05, 0.1) is 11.1 Å². The highest BCUT2D eigenvalue weighted by Gasteiger charge is 2.31. The van der Waals surface area contributed by atoms with Crippen LogP contribution >= 0.6 is 0 Å². The number of nitrogens with zero attached hydrogens (tertiary/aromatic N) is 5. The molecule has 3 heterocycles. The average molecular weight is 552 g/mol. The molecule has 39 heavy (non-hydrogen) atoms. The van der Waals surface area contributed by atoms with E-state index in [2.05, 4.69) is 14.9 Å². The Labute approximate surface area is 221 Å². The Morgan fingerprint density at radius 3 is 1.56 bits per heavy atom. The van der Waals surface area contributed by atoms with E-state index in [9.17, 15) is 26.3 Å². The summed E-state index contributed by atoms with van der Waals surface area (Å²) in [6, 6.07) is 12.2. The van der Waals surface area contributed by atoms with E-state index in [1.54, 1.807) is 6.07 Å². The average Bonchev–Trinajstić information content (AvgIpc) is 2.93. The van der Waals surface area contributed by atoms with Crippen LogP contribution in [-0.4, -0.2) is 55.3 Å². The molecule has 0 unspecified atom stereocenters. The molecule has 2 fully saturated rings. The van der Waals surface area contributed by atoms with E-state index in [4.69, 9.17) is 4.74 Å². The van der Waals surface area contributed by atoms with Gasteiger partial charge >= 0.3 is 12.4 Å². The first kappa shape index (κ1) is 26.9. The zero-order valence-electron chi connectivity index (χ0n) is 20.9. The number of rotatable bonds is 5. The highest BCUT2D eigenvalue weighted by Crippen LogP contribution is 2.32. The van der Waals surface area contributed by atoms with Crippen LogP contribution in [0.5, 0.6) is 5.88 Å². The van der Waals surface area contributed by atoms with Gasteiger partial charge in [0.25, 0.3) is 0 Å². The molecule has 2 aromatic carbocycles. The van der Waals surface area contributed by atoms with Crippen molar-refractivity contribution in [3.63, 3.8) is 0 Å². The van der Waals surface area contributed by atoms with Gasteiger partial charge in [-0.25, -0.2) is 9.97 Å². The minimum atomic E-state index is -4.35. The molecule has 208 valence electrons. The van der Waals surface area contributed by atoms with Crippen molar-refractivity contribution < 1.29 is 31.1 Å². The maximum absolute atomic E-state index is 12.8. The van der Waals surface area contributed by atoms with Crippen molar-refractivity contribution in [1.29, 1.82) is 0 Å². The molecule has 2 saturated heterocycles. The van der Waals surface area contributed by atoms with Gasteiger partial charge in [0.15, 0.2) is 0 Å². The smallest absolute Gasteiger partial charge is 0.416 e. The Balaban J connectivity index is 1.12. The van der Waals surface area contributed by atoms with E-state index in [1.165, 1.54) is 30.6 Å². The lowest BCUT2D eigenvalue weighted by molar-refractivity contribution is -0.138. The lowest BCUT2D eigenvalue weighted by Crippen LogP contribution is -2.46. The molecule has 0 spiro atoms. The summed E-state index contributed by atoms with van der Waals surface area (Å²) < 4.78 is 83.1. The Kier molecular flexibility index (Phi) is 7.46. The molecule has 0 bridgehead atoms. The van der Waals surface area contributed by atoms with Crippen molar-refractivity contribution in [2.75, 3.05) is 54.0 Å². The third kappa shape index (κ3) is 6.48. The minimum Gasteiger partial charge on any atom is -0.474 e. The van der Waals surface area contributed by atoms with Crippen LogP contribution in [0.15, 0.2) is 60.9 Å². The summed E-state index contributed by atoms with van der Waals surface area (Å²) >= 11 is 0. The summed E-state index contributed by atoms with van der Waals surface area (Å²) in [5.74, 6) is 1.17. The fourth-order valence-corrected chi connectivity index (χ4v) is 4.89. The molecular formula is C27H27F6N5O. The fourth-order valence-electron chi connectivity index (χ4n) is 4.89. The molecule has 0 atom stereocenters. The van der Waals surface area contributed by atoms with Crippen molar-refractivity contribution in [3.05, 3.63) is 72.1 Å². The van der Waals surface area contributed by atoms with Gasteiger partial charge in [-0.05, 0) is 48.5 Å². The van der Waals surface area contributed by atoms with E-state index >= 15 is 0 Å². The summed E-state index contributed by atoms with van der Waals surface area (Å²) in [7, 11) is 0. The molecule has 2 aliphatic heterocycles. The summed E-state index contributed by atoms with van der Waals surface area (Å²) in [6.07, 6.45) is -5.93. The number of benzene rings is 2. The van der Waals surface area contributed by atoms with Crippen LogP contribution in [0, 0.1) is 0 Å². The van der Waals surface area contributed by atoms with Crippen LogP contribution in [0.1, 0.15) is 24.0 Å². The van der Waals surface area contributed by atoms with Crippen LogP contribution < -0.4 is 19.4 Å². The molecule has 2 aliphatic rings. The number of alkyl halides is 6. The first-order valence-corrected chi connectivity index (χ1v) is 12.6. The standard InChI is InChI=1S/C27H27F6N5O/c28-26(29,30)19-1-5-21(6-2-19)36-11-9-23(10-12-36)39-25-17-24(34-18-35-25)38-15-13-37(14-16-38)22-7-3-20(4-8-22)27(31,32)33/h1-8,17-18,23H,9-16H2. The molecular weight excluding hydrogens is 524 g/mol. The van der Waals surface area contributed by atoms with Gasteiger partial charge in [-0.3, -0.25) is 0 Å². The van der Waals surface area contributed by atoms with Crippen molar-refractivity contribution in [1.82, 2.24) is 9.97 Å². The quantitative estimate of drug-likeness (QED) is 0.369. The number of piperazine rings is 1. The second-order valence-electron chi connectivity index (χ2n) is 9.58. The molecule has 0 aliphatic carbocycles. The van der Waals surface area contributed by atoms with Gasteiger partial charge in [0.1, 0.15) is 18.2 Å². The Hall–Kier alpha value is -3.70. The Bertz CT molecular complexity index is 1230. The molecule has 12 heteroatoms. The Morgan fingerprint density at radius 2 is 1.08 bits per heavy atom. The summed E-state index contributed by atoms with van der Waals surface area (Å²) in [6.45, 7) is 3.85. The molecule has 3 aromatic rings. The predicted molar refractivity (Wildman–Crippen MR) is 135 cm³/mol. The SMILES string of the molecule is FC(F)(F)c1ccc(N2CCC(Oc3cc(N4CCN(c5ccc(C(F)(F)F)cc5)CC4)ncn3)CC2)cc1. The van der Waals surface area contributed by atoms with Crippen molar-refractivity contribution in [3.8, 4) is 5.88 Å². The zero-order chi connectivity index (χ0) is 27.6. The van der Waals surface area contributed by atoms with Crippen molar-refractivity contribution in [2.45, 2.75) is 31.3 Å². The van der Waals surface area contributed by atoms with E-state index in [0.29, 0.717) is 63.8 Å². The molecule has 0 amide bonds. The maximum Gasteiger partial charge on any atom is 0.416 e. The van der Waals surface area contributed by atoms with Crippen LogP contribution in [0.4, 0.5) is 43.5 Å². The number of hydrogen-bond donors (Lipinski definition) is 0. The van der Waals surface area contributed by atoms with Gasteiger partial charge in [-0.15, -0.1) is 0 Å². The molecule has 1 aromatic heterocycles. The van der Waals surface area contributed by atoms with Crippen molar-refractivity contribution >= 4 is 17.2 Å². The fraction of sp³-hybridized carbons (Fsp3) is 0.407. The van der Waals surface area contributed by atoms with Gasteiger partial charge in [0.2, 0.25) is 5.88 Å². The molecule has 5 rings (SSSR count). The second kappa shape index (κ2) is 10.8. The van der Waals surface area contributed by atoms with Crippen LogP contribution in [0.3, 0.4) is 0 Å². The third-order valence-corrected chi connectivity index (χ3v) is 7.08. The maximum atomic E-state index is 12.8. The molecule has 6 nitrogen and oxygen atoms in total. The Morgan fingerprint density at radius 1 is 0.615 bits per heavy atom. The minimum absolute atomic E-state index is 0.0741. The predicted octanol–water partition coefficient (Wildman–Crippen LogP) is 5.89. The number of ether oxygens (including phenoxy) is 1. The summed E-state index contributed by atoms with van der Waals surface area (Å²) in [5.41, 5.74) is 0.173. The number of aromatic nitrogens is 2. The van der Waals surface area contributed by atoms with Gasteiger partial charge in [-0.1, -0.05) is 0 Å². The molecule has 0 saturated carbocycles. The summed E-state index contributed by atoms with van der Waals surface area (Å²) in [5, 5.41) is 0. The number of anilines is 3. The van der Waals surface area contributed by atoms with Crippen LogP contribution in [0.2, 0.25) is 0 Å². The highest BCUT2D eigenvalue weighted by molar-refractivity contribution is 5.51. The number of halogens is 6. The lowest BCUT2D eigenvalue weighted by atomic mass is 10.1. The van der Waals surface area contributed by atoms with E-state index < -0.39 is 23.5 Å². The van der Waals surface area contributed by atoms with Crippen molar-refractivity contribution in [2.24, 2.45) is 0 Å². The topological polar surface area (TPSA) is 44.7 Å². The monoisotopic (exact) mass is 551 g/mol. The van der Waals surface area contributed by atoms with Gasteiger partial charge in [0, 0.05) is 69.6 Å². The highest BCUT2D eigenvalue weighted by atomic mass is 19.4. The van der Waals surface area contributed by atoms with E-state index in [0.717, 1.165) is 35.6 Å².